The van der Waals surface area contributed by atoms with Gasteiger partial charge in [0.1, 0.15) is 11.5 Å². The van der Waals surface area contributed by atoms with Gasteiger partial charge in [-0.15, -0.1) is 0 Å². The Morgan fingerprint density at radius 1 is 1.24 bits per heavy atom. The summed E-state index contributed by atoms with van der Waals surface area (Å²) in [5.41, 5.74) is 1.13. The first-order valence-corrected chi connectivity index (χ1v) is 7.57. The van der Waals surface area contributed by atoms with E-state index in [0.717, 1.165) is 22.3 Å². The third-order valence-electron chi connectivity index (χ3n) is 2.87. The molecule has 1 N–H and O–H groups in total. The third-order valence-corrected chi connectivity index (χ3v) is 3.49. The van der Waals surface area contributed by atoms with Crippen LogP contribution >= 0.6 is 15.9 Å². The van der Waals surface area contributed by atoms with E-state index in [0.29, 0.717) is 17.7 Å². The van der Waals surface area contributed by atoms with E-state index in [4.69, 9.17) is 9.47 Å². The van der Waals surface area contributed by atoms with Crippen LogP contribution in [0.4, 0.5) is 0 Å². The topological polar surface area (TPSA) is 43.4 Å². The van der Waals surface area contributed by atoms with Crippen molar-refractivity contribution in [2.24, 2.45) is 0 Å². The van der Waals surface area contributed by atoms with E-state index in [2.05, 4.69) is 40.1 Å². The monoisotopic (exact) mass is 350 g/mol. The zero-order valence-electron chi connectivity index (χ0n) is 12.4. The fourth-order valence-corrected chi connectivity index (χ4v) is 2.14. The lowest BCUT2D eigenvalue weighted by Crippen LogP contribution is -2.21. The molecule has 1 aromatic carbocycles. The number of pyridine rings is 1. The number of rotatable bonds is 6. The van der Waals surface area contributed by atoms with Crippen molar-refractivity contribution in [1.82, 2.24) is 10.3 Å². The van der Waals surface area contributed by atoms with Crippen LogP contribution in [0.3, 0.4) is 0 Å². The van der Waals surface area contributed by atoms with Crippen LogP contribution in [-0.2, 0) is 6.54 Å². The van der Waals surface area contributed by atoms with Gasteiger partial charge in [0.2, 0.25) is 5.88 Å². The first-order valence-electron chi connectivity index (χ1n) is 6.78. The van der Waals surface area contributed by atoms with Crippen LogP contribution in [-0.4, -0.2) is 18.1 Å². The SMILES string of the molecule is COc1ccc(Oc2ccc(CNC(C)C)cn2)c(Br)c1. The molecule has 0 spiro atoms. The molecular weight excluding hydrogens is 332 g/mol. The number of hydrogen-bond donors (Lipinski definition) is 1. The average molecular weight is 351 g/mol. The van der Waals surface area contributed by atoms with E-state index in [1.807, 2.05) is 36.5 Å². The average Bonchev–Trinajstić information content (AvgIpc) is 2.48. The number of nitrogens with one attached hydrogen (secondary N) is 1. The molecule has 0 aliphatic rings. The number of benzene rings is 1. The van der Waals surface area contributed by atoms with Gasteiger partial charge in [0, 0.05) is 24.8 Å². The minimum absolute atomic E-state index is 0.455. The number of halogens is 1. The predicted molar refractivity (Wildman–Crippen MR) is 87.0 cm³/mol. The lowest BCUT2D eigenvalue weighted by Gasteiger charge is -2.10. The van der Waals surface area contributed by atoms with Crippen LogP contribution < -0.4 is 14.8 Å². The molecule has 5 heteroatoms. The second-order valence-electron chi connectivity index (χ2n) is 4.94. The van der Waals surface area contributed by atoms with E-state index in [9.17, 15) is 0 Å². The Bertz CT molecular complexity index is 585. The predicted octanol–water partition coefficient (Wildman–Crippen LogP) is 4.14. The van der Waals surface area contributed by atoms with E-state index in [1.165, 1.54) is 0 Å². The van der Waals surface area contributed by atoms with Crippen LogP contribution in [0.1, 0.15) is 19.4 Å². The fourth-order valence-electron chi connectivity index (χ4n) is 1.70. The Hall–Kier alpha value is -1.59. The number of ether oxygens (including phenoxy) is 2. The maximum atomic E-state index is 5.76. The quantitative estimate of drug-likeness (QED) is 0.849. The molecule has 21 heavy (non-hydrogen) atoms. The van der Waals surface area contributed by atoms with Gasteiger partial charge in [0.05, 0.1) is 11.6 Å². The minimum Gasteiger partial charge on any atom is -0.497 e. The molecule has 0 fully saturated rings. The maximum absolute atomic E-state index is 5.76. The van der Waals surface area contributed by atoms with Crippen molar-refractivity contribution in [3.8, 4) is 17.4 Å². The van der Waals surface area contributed by atoms with E-state index in [1.54, 1.807) is 7.11 Å². The van der Waals surface area contributed by atoms with Gasteiger partial charge in [0.25, 0.3) is 0 Å². The Balaban J connectivity index is 2.03. The van der Waals surface area contributed by atoms with Gasteiger partial charge in [0.15, 0.2) is 0 Å². The van der Waals surface area contributed by atoms with Crippen molar-refractivity contribution in [3.63, 3.8) is 0 Å². The van der Waals surface area contributed by atoms with Gasteiger partial charge < -0.3 is 14.8 Å². The summed E-state index contributed by atoms with van der Waals surface area (Å²) in [5, 5.41) is 3.35. The Morgan fingerprint density at radius 2 is 2.05 bits per heavy atom. The molecule has 2 aromatic rings. The summed E-state index contributed by atoms with van der Waals surface area (Å²) in [4.78, 5) is 4.32. The molecule has 1 aromatic heterocycles. The van der Waals surface area contributed by atoms with Gasteiger partial charge in [-0.2, -0.15) is 0 Å². The molecule has 0 amide bonds. The molecule has 0 radical (unpaired) electrons. The molecule has 0 saturated heterocycles. The largest absolute Gasteiger partial charge is 0.497 e. The van der Waals surface area contributed by atoms with Gasteiger partial charge in [-0.05, 0) is 39.7 Å². The molecule has 0 aliphatic heterocycles. The summed E-state index contributed by atoms with van der Waals surface area (Å²) >= 11 is 3.46. The number of methoxy groups -OCH3 is 1. The zero-order valence-corrected chi connectivity index (χ0v) is 14.0. The Labute approximate surface area is 133 Å². The van der Waals surface area contributed by atoms with Gasteiger partial charge in [-0.1, -0.05) is 19.9 Å². The third kappa shape index (κ3) is 4.72. The second-order valence-corrected chi connectivity index (χ2v) is 5.79. The number of nitrogens with zero attached hydrogens (tertiary/aromatic N) is 1. The van der Waals surface area contributed by atoms with Gasteiger partial charge in [-0.3, -0.25) is 0 Å². The van der Waals surface area contributed by atoms with Crippen molar-refractivity contribution < 1.29 is 9.47 Å². The summed E-state index contributed by atoms with van der Waals surface area (Å²) in [6, 6.07) is 9.88. The Kier molecular flexibility index (Phi) is 5.59. The zero-order chi connectivity index (χ0) is 15.2. The maximum Gasteiger partial charge on any atom is 0.219 e. The van der Waals surface area contributed by atoms with Crippen molar-refractivity contribution in [1.29, 1.82) is 0 Å². The van der Waals surface area contributed by atoms with Crippen LogP contribution in [0.15, 0.2) is 41.0 Å². The van der Waals surface area contributed by atoms with E-state index < -0.39 is 0 Å². The summed E-state index contributed by atoms with van der Waals surface area (Å²) in [6.07, 6.45) is 1.82. The highest BCUT2D eigenvalue weighted by atomic mass is 79.9. The highest BCUT2D eigenvalue weighted by Crippen LogP contribution is 2.31. The number of hydrogen-bond acceptors (Lipinski definition) is 4. The van der Waals surface area contributed by atoms with Crippen molar-refractivity contribution in [3.05, 3.63) is 46.6 Å². The van der Waals surface area contributed by atoms with E-state index in [-0.39, 0.29) is 0 Å². The normalized spacial score (nSPS) is 10.7. The lowest BCUT2D eigenvalue weighted by atomic mass is 10.2. The van der Waals surface area contributed by atoms with Crippen molar-refractivity contribution in [2.45, 2.75) is 26.4 Å². The van der Waals surface area contributed by atoms with E-state index >= 15 is 0 Å². The second kappa shape index (κ2) is 7.43. The molecule has 1 heterocycles. The summed E-state index contributed by atoms with van der Waals surface area (Å²) in [5.74, 6) is 2.04. The van der Waals surface area contributed by atoms with Crippen LogP contribution in [0.5, 0.6) is 17.4 Å². The van der Waals surface area contributed by atoms with Crippen molar-refractivity contribution in [2.75, 3.05) is 7.11 Å². The minimum atomic E-state index is 0.455. The van der Waals surface area contributed by atoms with Crippen molar-refractivity contribution >= 4 is 15.9 Å². The lowest BCUT2D eigenvalue weighted by molar-refractivity contribution is 0.411. The molecule has 2 rings (SSSR count). The van der Waals surface area contributed by atoms with Gasteiger partial charge in [-0.25, -0.2) is 4.98 Å². The Morgan fingerprint density at radius 3 is 2.62 bits per heavy atom. The molecule has 4 nitrogen and oxygen atoms in total. The van der Waals surface area contributed by atoms with Crippen LogP contribution in [0, 0.1) is 0 Å². The standard InChI is InChI=1S/C16H19BrN2O2/c1-11(2)18-9-12-4-7-16(19-10-12)21-15-6-5-13(20-3)8-14(15)17/h4-8,10-11,18H,9H2,1-3H3. The molecule has 112 valence electrons. The first kappa shape index (κ1) is 15.8. The fraction of sp³-hybridized carbons (Fsp3) is 0.312. The smallest absolute Gasteiger partial charge is 0.219 e. The molecule has 0 saturated carbocycles. The summed E-state index contributed by atoms with van der Waals surface area (Å²) in [7, 11) is 1.63. The highest BCUT2D eigenvalue weighted by Gasteiger charge is 2.05. The highest BCUT2D eigenvalue weighted by molar-refractivity contribution is 9.10. The summed E-state index contributed by atoms with van der Waals surface area (Å²) in [6.45, 7) is 5.04. The molecular formula is C16H19BrN2O2. The summed E-state index contributed by atoms with van der Waals surface area (Å²) < 4.78 is 11.7. The molecule has 0 unspecified atom stereocenters. The first-order chi connectivity index (χ1) is 10.1. The van der Waals surface area contributed by atoms with Crippen LogP contribution in [0.2, 0.25) is 0 Å². The molecule has 0 bridgehead atoms. The van der Waals surface area contributed by atoms with Crippen LogP contribution in [0.25, 0.3) is 0 Å². The van der Waals surface area contributed by atoms with Gasteiger partial charge >= 0.3 is 0 Å². The molecule has 0 aliphatic carbocycles. The molecule has 0 atom stereocenters. The number of aromatic nitrogens is 1.